The van der Waals surface area contributed by atoms with Gasteiger partial charge in [0.15, 0.2) is 6.19 Å². The van der Waals surface area contributed by atoms with Gasteiger partial charge in [0.1, 0.15) is 17.2 Å². The molecule has 0 saturated heterocycles. The van der Waals surface area contributed by atoms with E-state index < -0.39 is 23.1 Å². The normalized spacial score (nSPS) is 21.1. The maximum atomic E-state index is 14.0. The summed E-state index contributed by atoms with van der Waals surface area (Å²) in [7, 11) is 1.60. The molecule has 3 rings (SSSR count). The largest absolute Gasteiger partial charge is 0.353 e. The SMILES string of the molecule is CN=C(NC#N)NC1CCC(CNC(=O)c2c(F)cccc2F)(c2ccccc2)CC1. The van der Waals surface area contributed by atoms with Crippen LogP contribution in [-0.4, -0.2) is 31.5 Å². The van der Waals surface area contributed by atoms with E-state index in [0.717, 1.165) is 43.4 Å². The molecular formula is C23H25F2N5O. The highest BCUT2D eigenvalue weighted by molar-refractivity contribution is 5.94. The number of nitriles is 1. The molecule has 1 saturated carbocycles. The molecule has 0 heterocycles. The van der Waals surface area contributed by atoms with E-state index in [4.69, 9.17) is 5.26 Å². The van der Waals surface area contributed by atoms with Crippen LogP contribution < -0.4 is 16.0 Å². The summed E-state index contributed by atoms with van der Waals surface area (Å²) in [5.74, 6) is -2.10. The fourth-order valence-corrected chi connectivity index (χ4v) is 4.13. The van der Waals surface area contributed by atoms with Crippen molar-refractivity contribution in [2.45, 2.75) is 37.1 Å². The van der Waals surface area contributed by atoms with Gasteiger partial charge in [0.2, 0.25) is 5.96 Å². The van der Waals surface area contributed by atoms with Crippen molar-refractivity contribution in [3.05, 3.63) is 71.3 Å². The van der Waals surface area contributed by atoms with Gasteiger partial charge in [-0.05, 0) is 43.4 Å². The van der Waals surface area contributed by atoms with Crippen LogP contribution in [0.5, 0.6) is 0 Å². The summed E-state index contributed by atoms with van der Waals surface area (Å²) in [5, 5.41) is 17.3. The molecule has 0 unspecified atom stereocenters. The summed E-state index contributed by atoms with van der Waals surface area (Å²) in [5.41, 5.74) is 0.151. The molecule has 0 aliphatic heterocycles. The summed E-state index contributed by atoms with van der Waals surface area (Å²) in [6.45, 7) is 0.265. The Kier molecular flexibility index (Phi) is 7.19. The molecule has 0 bridgehead atoms. The minimum atomic E-state index is -0.879. The number of aliphatic imine (C=N–C) groups is 1. The van der Waals surface area contributed by atoms with Crippen molar-refractivity contribution in [2.24, 2.45) is 4.99 Å². The monoisotopic (exact) mass is 425 g/mol. The molecule has 1 aliphatic rings. The van der Waals surface area contributed by atoms with E-state index >= 15 is 0 Å². The molecule has 0 spiro atoms. The predicted molar refractivity (Wildman–Crippen MR) is 114 cm³/mol. The van der Waals surface area contributed by atoms with E-state index in [1.165, 1.54) is 6.07 Å². The van der Waals surface area contributed by atoms with Gasteiger partial charge in [0.05, 0.1) is 0 Å². The molecule has 6 nitrogen and oxygen atoms in total. The van der Waals surface area contributed by atoms with Crippen LogP contribution in [0.2, 0.25) is 0 Å². The van der Waals surface area contributed by atoms with Crippen LogP contribution in [0.15, 0.2) is 53.5 Å². The number of carbonyl (C=O) groups is 1. The van der Waals surface area contributed by atoms with Crippen molar-refractivity contribution >= 4 is 11.9 Å². The molecule has 0 aromatic heterocycles. The average Bonchev–Trinajstić information content (AvgIpc) is 2.79. The number of carbonyl (C=O) groups excluding carboxylic acids is 1. The van der Waals surface area contributed by atoms with Crippen LogP contribution in [0, 0.1) is 23.1 Å². The number of hydrogen-bond donors (Lipinski definition) is 3. The second kappa shape index (κ2) is 10.0. The Labute approximate surface area is 180 Å². The number of nitrogens with zero attached hydrogens (tertiary/aromatic N) is 2. The zero-order valence-electron chi connectivity index (χ0n) is 17.3. The van der Waals surface area contributed by atoms with Gasteiger partial charge >= 0.3 is 0 Å². The standard InChI is InChI=1S/C23H25F2N5O/c1-27-22(29-15-26)30-17-10-12-23(13-11-17,16-6-3-2-4-7-16)14-28-21(31)20-18(24)8-5-9-19(20)25/h2-9,17H,10-14H2,1H3,(H,28,31)(H2,27,29,30). The number of guanidine groups is 1. The highest BCUT2D eigenvalue weighted by Gasteiger charge is 2.37. The lowest BCUT2D eigenvalue weighted by atomic mass is 9.68. The Hall–Kier alpha value is -3.47. The van der Waals surface area contributed by atoms with Crippen molar-refractivity contribution < 1.29 is 13.6 Å². The van der Waals surface area contributed by atoms with E-state index in [-0.39, 0.29) is 18.0 Å². The molecule has 162 valence electrons. The Morgan fingerprint density at radius 3 is 2.35 bits per heavy atom. The smallest absolute Gasteiger partial charge is 0.257 e. The molecule has 2 aromatic rings. The van der Waals surface area contributed by atoms with E-state index in [1.807, 2.05) is 36.5 Å². The zero-order valence-corrected chi connectivity index (χ0v) is 17.3. The van der Waals surface area contributed by atoms with Crippen LogP contribution in [0.3, 0.4) is 0 Å². The van der Waals surface area contributed by atoms with Gasteiger partial charge in [-0.3, -0.25) is 15.1 Å². The van der Waals surface area contributed by atoms with Gasteiger partial charge in [-0.25, -0.2) is 8.78 Å². The maximum Gasteiger partial charge on any atom is 0.257 e. The number of hydrogen-bond acceptors (Lipinski definition) is 3. The summed E-state index contributed by atoms with van der Waals surface area (Å²) in [6.07, 6.45) is 4.92. The van der Waals surface area contributed by atoms with Crippen molar-refractivity contribution in [2.75, 3.05) is 13.6 Å². The highest BCUT2D eigenvalue weighted by atomic mass is 19.1. The minimum Gasteiger partial charge on any atom is -0.353 e. The molecule has 1 fully saturated rings. The highest BCUT2D eigenvalue weighted by Crippen LogP contribution is 2.39. The predicted octanol–water partition coefficient (Wildman–Crippen LogP) is 3.22. The molecule has 3 N–H and O–H groups in total. The van der Waals surface area contributed by atoms with Gasteiger partial charge < -0.3 is 10.6 Å². The lowest BCUT2D eigenvalue weighted by Crippen LogP contribution is -2.49. The van der Waals surface area contributed by atoms with Gasteiger partial charge in [0, 0.05) is 25.0 Å². The molecule has 31 heavy (non-hydrogen) atoms. The first-order valence-corrected chi connectivity index (χ1v) is 10.2. The Bertz CT molecular complexity index is 959. The third kappa shape index (κ3) is 5.18. The van der Waals surface area contributed by atoms with Gasteiger partial charge in [-0.2, -0.15) is 5.26 Å². The van der Waals surface area contributed by atoms with Crippen LogP contribution in [0.1, 0.15) is 41.6 Å². The van der Waals surface area contributed by atoms with Crippen LogP contribution >= 0.6 is 0 Å². The fraction of sp³-hybridized carbons (Fsp3) is 0.348. The number of rotatable bonds is 5. The number of amides is 1. The average molecular weight is 425 g/mol. The second-order valence-electron chi connectivity index (χ2n) is 7.65. The quantitative estimate of drug-likeness (QED) is 0.297. The molecule has 0 atom stereocenters. The van der Waals surface area contributed by atoms with Gasteiger partial charge in [-0.15, -0.1) is 0 Å². The summed E-state index contributed by atoms with van der Waals surface area (Å²) >= 11 is 0. The van der Waals surface area contributed by atoms with Crippen molar-refractivity contribution in [1.82, 2.24) is 16.0 Å². The first-order valence-electron chi connectivity index (χ1n) is 10.2. The molecular weight excluding hydrogens is 400 g/mol. The summed E-state index contributed by atoms with van der Waals surface area (Å²) < 4.78 is 28.0. The van der Waals surface area contributed by atoms with Gasteiger partial charge in [-0.1, -0.05) is 36.4 Å². The number of halogens is 2. The van der Waals surface area contributed by atoms with E-state index in [9.17, 15) is 13.6 Å². The third-order valence-corrected chi connectivity index (χ3v) is 5.84. The summed E-state index contributed by atoms with van der Waals surface area (Å²) in [6, 6.07) is 13.3. The molecule has 0 radical (unpaired) electrons. The first-order chi connectivity index (χ1) is 15.0. The number of benzene rings is 2. The first kappa shape index (κ1) is 22.2. The zero-order chi connectivity index (χ0) is 22.3. The van der Waals surface area contributed by atoms with Crippen molar-refractivity contribution in [1.29, 1.82) is 5.26 Å². The molecule has 1 amide bonds. The lowest BCUT2D eigenvalue weighted by molar-refractivity contribution is 0.0926. The topological polar surface area (TPSA) is 89.3 Å². The van der Waals surface area contributed by atoms with Crippen LogP contribution in [0.4, 0.5) is 8.78 Å². The van der Waals surface area contributed by atoms with E-state index in [0.29, 0.717) is 5.96 Å². The lowest BCUT2D eigenvalue weighted by Gasteiger charge is -2.41. The van der Waals surface area contributed by atoms with Crippen LogP contribution in [-0.2, 0) is 5.41 Å². The summed E-state index contributed by atoms with van der Waals surface area (Å²) in [4.78, 5) is 16.6. The second-order valence-corrected chi connectivity index (χ2v) is 7.65. The van der Waals surface area contributed by atoms with Crippen molar-refractivity contribution in [3.63, 3.8) is 0 Å². The fourth-order valence-electron chi connectivity index (χ4n) is 4.13. The molecule has 2 aromatic carbocycles. The van der Waals surface area contributed by atoms with E-state index in [1.54, 1.807) is 7.05 Å². The van der Waals surface area contributed by atoms with Crippen molar-refractivity contribution in [3.8, 4) is 6.19 Å². The molecule has 8 heteroatoms. The molecule has 1 aliphatic carbocycles. The Balaban J connectivity index is 1.75. The van der Waals surface area contributed by atoms with Crippen LogP contribution in [0.25, 0.3) is 0 Å². The Morgan fingerprint density at radius 1 is 1.13 bits per heavy atom. The minimum absolute atomic E-state index is 0.121. The third-order valence-electron chi connectivity index (χ3n) is 5.84. The van der Waals surface area contributed by atoms with Gasteiger partial charge in [0.25, 0.3) is 5.91 Å². The van der Waals surface area contributed by atoms with E-state index in [2.05, 4.69) is 20.9 Å². The maximum absolute atomic E-state index is 14.0. The Morgan fingerprint density at radius 2 is 1.77 bits per heavy atom. The number of nitrogens with one attached hydrogen (secondary N) is 3.